The molecule has 0 aromatic heterocycles. The largest absolute Gasteiger partial charge is 0.298 e. The van der Waals surface area contributed by atoms with Gasteiger partial charge >= 0.3 is 0 Å². The van der Waals surface area contributed by atoms with Crippen LogP contribution in [-0.2, 0) is 6.54 Å². The van der Waals surface area contributed by atoms with Gasteiger partial charge in [-0.05, 0) is 36.5 Å². The van der Waals surface area contributed by atoms with Gasteiger partial charge < -0.3 is 0 Å². The fraction of sp³-hybridized carbons (Fsp3) is 0.571. The Hall–Kier alpha value is -0.410. The van der Waals surface area contributed by atoms with Crippen LogP contribution < -0.4 is 0 Å². The molecule has 1 heterocycles. The highest BCUT2D eigenvalue weighted by Gasteiger charge is 2.39. The maximum atomic E-state index is 13.6. The predicted octanol–water partition coefficient (Wildman–Crippen LogP) is 4.21. The zero-order chi connectivity index (χ0) is 12.5. The Morgan fingerprint density at radius 2 is 1.94 bits per heavy atom. The summed E-state index contributed by atoms with van der Waals surface area (Å²) in [4.78, 5) is 2.33. The molecule has 0 bridgehead atoms. The number of rotatable bonds is 4. The van der Waals surface area contributed by atoms with Gasteiger partial charge in [0, 0.05) is 29.7 Å². The fourth-order valence-corrected chi connectivity index (χ4v) is 3.03. The molecule has 1 nitrogen and oxygen atoms in total. The van der Waals surface area contributed by atoms with Gasteiger partial charge in [0.2, 0.25) is 0 Å². The number of nitrogens with zero attached hydrogens (tertiary/aromatic N) is 1. The Labute approximate surface area is 111 Å². The van der Waals surface area contributed by atoms with Gasteiger partial charge in [-0.15, -0.1) is 0 Å². The van der Waals surface area contributed by atoms with Crippen molar-refractivity contribution in [1.29, 1.82) is 0 Å². The zero-order valence-corrected chi connectivity index (χ0v) is 12.1. The second kappa shape index (κ2) is 5.07. The monoisotopic (exact) mass is 299 g/mol. The third-order valence-electron chi connectivity index (χ3n) is 4.02. The van der Waals surface area contributed by atoms with Gasteiger partial charge in [0.05, 0.1) is 0 Å². The van der Waals surface area contributed by atoms with Crippen molar-refractivity contribution in [3.05, 3.63) is 34.1 Å². The second-order valence-corrected chi connectivity index (χ2v) is 6.00. The molecule has 1 saturated heterocycles. The summed E-state index contributed by atoms with van der Waals surface area (Å²) in [6.45, 7) is 7.44. The number of halogens is 2. The molecule has 1 aliphatic rings. The third kappa shape index (κ3) is 2.71. The summed E-state index contributed by atoms with van der Waals surface area (Å²) in [7, 11) is 0. The number of hydrogen-bond donors (Lipinski definition) is 0. The average molecular weight is 300 g/mol. The van der Waals surface area contributed by atoms with Crippen molar-refractivity contribution >= 4 is 15.9 Å². The molecule has 1 fully saturated rings. The van der Waals surface area contributed by atoms with Crippen LogP contribution in [-0.4, -0.2) is 18.0 Å². The van der Waals surface area contributed by atoms with Crippen LogP contribution in [0.1, 0.15) is 32.3 Å². The lowest BCUT2D eigenvalue weighted by Gasteiger charge is -2.50. The molecule has 0 unspecified atom stereocenters. The summed E-state index contributed by atoms with van der Waals surface area (Å²) in [5.74, 6) is -0.0984. The molecule has 1 aromatic carbocycles. The van der Waals surface area contributed by atoms with Crippen LogP contribution in [0.5, 0.6) is 0 Å². The SMILES string of the molecule is CCC1(CC)CN(Cc2cc(Br)ccc2F)C1. The molecule has 0 amide bonds. The van der Waals surface area contributed by atoms with E-state index in [1.54, 1.807) is 6.07 Å². The Morgan fingerprint density at radius 1 is 1.29 bits per heavy atom. The first kappa shape index (κ1) is 13.0. The topological polar surface area (TPSA) is 3.24 Å². The first-order chi connectivity index (χ1) is 8.08. The van der Waals surface area contributed by atoms with E-state index in [9.17, 15) is 4.39 Å². The van der Waals surface area contributed by atoms with Gasteiger partial charge in [0.25, 0.3) is 0 Å². The molecule has 1 aromatic rings. The minimum Gasteiger partial charge on any atom is -0.298 e. The summed E-state index contributed by atoms with van der Waals surface area (Å²) in [5.41, 5.74) is 1.28. The van der Waals surface area contributed by atoms with Crippen LogP contribution in [0.15, 0.2) is 22.7 Å². The van der Waals surface area contributed by atoms with Crippen molar-refractivity contribution in [2.24, 2.45) is 5.41 Å². The number of benzene rings is 1. The van der Waals surface area contributed by atoms with E-state index in [2.05, 4.69) is 34.7 Å². The van der Waals surface area contributed by atoms with Gasteiger partial charge in [-0.2, -0.15) is 0 Å². The lowest BCUT2D eigenvalue weighted by Crippen LogP contribution is -2.55. The Kier molecular flexibility index (Phi) is 3.88. The van der Waals surface area contributed by atoms with Crippen molar-refractivity contribution in [2.75, 3.05) is 13.1 Å². The third-order valence-corrected chi connectivity index (χ3v) is 4.51. The maximum absolute atomic E-state index is 13.6. The summed E-state index contributed by atoms with van der Waals surface area (Å²) < 4.78 is 14.5. The summed E-state index contributed by atoms with van der Waals surface area (Å²) >= 11 is 3.39. The van der Waals surface area contributed by atoms with E-state index in [1.165, 1.54) is 18.9 Å². The second-order valence-electron chi connectivity index (χ2n) is 5.09. The molecule has 3 heteroatoms. The molecule has 0 atom stereocenters. The molecule has 94 valence electrons. The number of likely N-dealkylation sites (tertiary alicyclic amines) is 1. The first-order valence-electron chi connectivity index (χ1n) is 6.25. The van der Waals surface area contributed by atoms with E-state index < -0.39 is 0 Å². The van der Waals surface area contributed by atoms with Crippen LogP contribution in [0.2, 0.25) is 0 Å². The van der Waals surface area contributed by atoms with Gasteiger partial charge in [-0.3, -0.25) is 4.90 Å². The minimum atomic E-state index is -0.0984. The lowest BCUT2D eigenvalue weighted by molar-refractivity contribution is -0.0126. The van der Waals surface area contributed by atoms with E-state index in [1.807, 2.05) is 6.07 Å². The summed E-state index contributed by atoms with van der Waals surface area (Å²) in [5, 5.41) is 0. The first-order valence-corrected chi connectivity index (χ1v) is 7.04. The minimum absolute atomic E-state index is 0.0984. The molecule has 17 heavy (non-hydrogen) atoms. The smallest absolute Gasteiger partial charge is 0.127 e. The molecule has 2 rings (SSSR count). The maximum Gasteiger partial charge on any atom is 0.127 e. The highest BCUT2D eigenvalue weighted by atomic mass is 79.9. The standard InChI is InChI=1S/C14H19BrFN/c1-3-14(4-2)9-17(10-14)8-11-7-12(15)5-6-13(11)16/h5-7H,3-4,8-10H2,1-2H3. The molecule has 1 aliphatic heterocycles. The predicted molar refractivity (Wildman–Crippen MR) is 72.4 cm³/mol. The number of hydrogen-bond acceptors (Lipinski definition) is 1. The molecule has 0 radical (unpaired) electrons. The van der Waals surface area contributed by atoms with Gasteiger partial charge in [-0.1, -0.05) is 29.8 Å². The molecule has 0 spiro atoms. The molecular weight excluding hydrogens is 281 g/mol. The fourth-order valence-electron chi connectivity index (χ4n) is 2.62. The van der Waals surface area contributed by atoms with Crippen molar-refractivity contribution in [3.63, 3.8) is 0 Å². The lowest BCUT2D eigenvalue weighted by atomic mass is 9.75. The van der Waals surface area contributed by atoms with E-state index >= 15 is 0 Å². The van der Waals surface area contributed by atoms with Crippen LogP contribution >= 0.6 is 15.9 Å². The molecule has 0 aliphatic carbocycles. The van der Waals surface area contributed by atoms with Crippen LogP contribution in [0.25, 0.3) is 0 Å². The Balaban J connectivity index is 1.98. The van der Waals surface area contributed by atoms with E-state index in [0.29, 0.717) is 5.41 Å². The molecule has 0 N–H and O–H groups in total. The average Bonchev–Trinajstić information content (AvgIpc) is 2.27. The van der Waals surface area contributed by atoms with Crippen LogP contribution in [0.3, 0.4) is 0 Å². The van der Waals surface area contributed by atoms with Crippen molar-refractivity contribution in [1.82, 2.24) is 4.90 Å². The van der Waals surface area contributed by atoms with E-state index in [4.69, 9.17) is 0 Å². The van der Waals surface area contributed by atoms with Crippen molar-refractivity contribution in [2.45, 2.75) is 33.2 Å². The molecular formula is C14H19BrFN. The van der Waals surface area contributed by atoms with Crippen molar-refractivity contribution in [3.8, 4) is 0 Å². The van der Waals surface area contributed by atoms with E-state index in [0.717, 1.165) is 29.7 Å². The Bertz CT molecular complexity index is 393. The zero-order valence-electron chi connectivity index (χ0n) is 10.5. The van der Waals surface area contributed by atoms with Gasteiger partial charge in [0.15, 0.2) is 0 Å². The van der Waals surface area contributed by atoms with E-state index in [-0.39, 0.29) is 5.82 Å². The van der Waals surface area contributed by atoms with Crippen LogP contribution in [0.4, 0.5) is 4.39 Å². The molecule has 0 saturated carbocycles. The normalized spacial score (nSPS) is 19.1. The van der Waals surface area contributed by atoms with Crippen LogP contribution in [0, 0.1) is 11.2 Å². The van der Waals surface area contributed by atoms with Crippen molar-refractivity contribution < 1.29 is 4.39 Å². The Morgan fingerprint density at radius 3 is 2.53 bits per heavy atom. The van der Waals surface area contributed by atoms with Gasteiger partial charge in [0.1, 0.15) is 5.82 Å². The summed E-state index contributed by atoms with van der Waals surface area (Å²) in [6.07, 6.45) is 2.45. The van der Waals surface area contributed by atoms with Gasteiger partial charge in [-0.25, -0.2) is 4.39 Å². The quantitative estimate of drug-likeness (QED) is 0.805. The highest BCUT2D eigenvalue weighted by molar-refractivity contribution is 9.10. The summed E-state index contributed by atoms with van der Waals surface area (Å²) in [6, 6.07) is 5.16. The highest BCUT2D eigenvalue weighted by Crippen LogP contribution is 2.38.